The average Bonchev–Trinajstić information content (AvgIpc) is 2.67. The number of nitrogens with zero attached hydrogens (tertiary/aromatic N) is 3. The van der Waals surface area contributed by atoms with Gasteiger partial charge in [0.25, 0.3) is 0 Å². The third kappa shape index (κ3) is 3.76. The number of nitriles is 1. The van der Waals surface area contributed by atoms with Crippen LogP contribution in [0, 0.1) is 11.3 Å². The highest BCUT2D eigenvalue weighted by atomic mass is 35.5. The van der Waals surface area contributed by atoms with Crippen molar-refractivity contribution >= 4 is 17.3 Å². The van der Waals surface area contributed by atoms with Gasteiger partial charge in [0.05, 0.1) is 11.6 Å². The van der Waals surface area contributed by atoms with Gasteiger partial charge < -0.3 is 9.64 Å². The fourth-order valence-electron chi connectivity index (χ4n) is 4.16. The van der Waals surface area contributed by atoms with Crippen LogP contribution in [0.4, 0.5) is 5.69 Å². The van der Waals surface area contributed by atoms with Gasteiger partial charge >= 0.3 is 0 Å². The number of anilines is 1. The van der Waals surface area contributed by atoms with Crippen molar-refractivity contribution in [3.8, 4) is 11.8 Å². The smallest absolute Gasteiger partial charge is 0.124 e. The summed E-state index contributed by atoms with van der Waals surface area (Å²) in [6, 6.07) is 16.4. The van der Waals surface area contributed by atoms with Crippen LogP contribution in [-0.4, -0.2) is 36.7 Å². The Labute approximate surface area is 165 Å². The summed E-state index contributed by atoms with van der Waals surface area (Å²) in [4.78, 5) is 4.95. The van der Waals surface area contributed by atoms with Crippen molar-refractivity contribution < 1.29 is 4.74 Å². The zero-order valence-electron chi connectivity index (χ0n) is 15.8. The van der Waals surface area contributed by atoms with Crippen LogP contribution in [0.3, 0.4) is 0 Å². The third-order valence-electron chi connectivity index (χ3n) is 5.52. The van der Waals surface area contributed by atoms with Gasteiger partial charge in [-0.05, 0) is 56.3 Å². The number of rotatable bonds is 2. The number of piperazine rings is 1. The fraction of sp³-hybridized carbons (Fsp3) is 0.409. The number of fused-ring (bicyclic) bond motifs is 1. The Morgan fingerprint density at radius 2 is 1.78 bits per heavy atom. The Morgan fingerprint density at radius 3 is 2.44 bits per heavy atom. The number of halogens is 1. The van der Waals surface area contributed by atoms with Crippen LogP contribution in [0.5, 0.6) is 5.75 Å². The lowest BCUT2D eigenvalue weighted by Gasteiger charge is -2.46. The molecule has 0 aromatic heterocycles. The summed E-state index contributed by atoms with van der Waals surface area (Å²) in [7, 11) is 0. The fourth-order valence-corrected chi connectivity index (χ4v) is 4.28. The minimum absolute atomic E-state index is 0.209. The molecule has 0 spiro atoms. The normalized spacial score (nSPS) is 21.9. The van der Waals surface area contributed by atoms with E-state index in [9.17, 15) is 5.26 Å². The van der Waals surface area contributed by atoms with Crippen LogP contribution in [-0.2, 0) is 0 Å². The molecule has 2 heterocycles. The second-order valence-corrected chi connectivity index (χ2v) is 8.38. The highest BCUT2D eigenvalue weighted by Crippen LogP contribution is 2.43. The maximum absolute atomic E-state index is 9.30. The van der Waals surface area contributed by atoms with Crippen LogP contribution < -0.4 is 9.64 Å². The van der Waals surface area contributed by atoms with E-state index in [1.54, 1.807) is 0 Å². The molecule has 2 aromatic rings. The van der Waals surface area contributed by atoms with Crippen LogP contribution in [0.2, 0.25) is 5.02 Å². The Morgan fingerprint density at radius 1 is 1.07 bits per heavy atom. The molecule has 1 atom stereocenters. The summed E-state index contributed by atoms with van der Waals surface area (Å²) in [5.74, 6) is 0.912. The van der Waals surface area contributed by atoms with Gasteiger partial charge in [-0.15, -0.1) is 0 Å². The molecular weight excluding hydrogens is 358 g/mol. The van der Waals surface area contributed by atoms with Gasteiger partial charge in [0.1, 0.15) is 11.4 Å². The molecule has 0 aliphatic carbocycles. The Bertz CT molecular complexity index is 864. The van der Waals surface area contributed by atoms with Crippen LogP contribution in [0.1, 0.15) is 37.4 Å². The second-order valence-electron chi connectivity index (χ2n) is 7.95. The van der Waals surface area contributed by atoms with Crippen LogP contribution >= 0.6 is 11.6 Å². The zero-order valence-corrected chi connectivity index (χ0v) is 16.5. The lowest BCUT2D eigenvalue weighted by atomic mass is 9.87. The maximum atomic E-state index is 9.30. The van der Waals surface area contributed by atoms with E-state index in [-0.39, 0.29) is 11.6 Å². The summed E-state index contributed by atoms with van der Waals surface area (Å²) in [5, 5.41) is 10.1. The predicted molar refractivity (Wildman–Crippen MR) is 108 cm³/mol. The van der Waals surface area contributed by atoms with Gasteiger partial charge in [-0.2, -0.15) is 5.26 Å². The topological polar surface area (TPSA) is 39.5 Å². The second kappa shape index (κ2) is 7.07. The summed E-state index contributed by atoms with van der Waals surface area (Å²) < 4.78 is 6.18. The first-order valence-electron chi connectivity index (χ1n) is 9.43. The van der Waals surface area contributed by atoms with Gasteiger partial charge in [-0.3, -0.25) is 4.90 Å². The van der Waals surface area contributed by atoms with Crippen LogP contribution in [0.15, 0.2) is 42.5 Å². The molecule has 0 unspecified atom stereocenters. The van der Waals surface area contributed by atoms with Gasteiger partial charge in [-0.1, -0.05) is 11.6 Å². The van der Waals surface area contributed by atoms with Crippen molar-refractivity contribution in [1.82, 2.24) is 4.90 Å². The molecule has 0 radical (unpaired) electrons. The number of ether oxygens (including phenoxy) is 1. The minimum atomic E-state index is -0.209. The largest absolute Gasteiger partial charge is 0.487 e. The van der Waals surface area contributed by atoms with E-state index < -0.39 is 0 Å². The maximum Gasteiger partial charge on any atom is 0.124 e. The molecule has 2 aliphatic rings. The van der Waals surface area contributed by atoms with E-state index in [0.717, 1.165) is 48.9 Å². The Balaban J connectivity index is 1.54. The molecule has 4 nitrogen and oxygen atoms in total. The van der Waals surface area contributed by atoms with E-state index in [1.165, 1.54) is 5.69 Å². The highest BCUT2D eigenvalue weighted by molar-refractivity contribution is 6.30. The van der Waals surface area contributed by atoms with E-state index in [0.29, 0.717) is 5.56 Å². The summed E-state index contributed by atoms with van der Waals surface area (Å²) >= 11 is 6.01. The first kappa shape index (κ1) is 18.2. The lowest BCUT2D eigenvalue weighted by Crippen LogP contribution is -2.50. The predicted octanol–water partition coefficient (Wildman–Crippen LogP) is 4.64. The van der Waals surface area contributed by atoms with Crippen molar-refractivity contribution in [2.45, 2.75) is 31.9 Å². The molecular formula is C22H24ClN3O. The van der Waals surface area contributed by atoms with E-state index >= 15 is 0 Å². The van der Waals surface area contributed by atoms with Crippen molar-refractivity contribution in [2.75, 3.05) is 31.1 Å². The molecule has 5 heteroatoms. The molecule has 2 aliphatic heterocycles. The molecule has 0 saturated carbocycles. The van der Waals surface area contributed by atoms with Crippen molar-refractivity contribution in [2.24, 2.45) is 0 Å². The Hall–Kier alpha value is -2.22. The minimum Gasteiger partial charge on any atom is -0.487 e. The monoisotopic (exact) mass is 381 g/mol. The van der Waals surface area contributed by atoms with E-state index in [1.807, 2.05) is 30.3 Å². The highest BCUT2D eigenvalue weighted by Gasteiger charge is 2.37. The average molecular weight is 382 g/mol. The van der Waals surface area contributed by atoms with E-state index in [4.69, 9.17) is 16.3 Å². The van der Waals surface area contributed by atoms with Gasteiger partial charge in [0, 0.05) is 54.9 Å². The molecule has 1 saturated heterocycles. The molecule has 140 valence electrons. The summed E-state index contributed by atoms with van der Waals surface area (Å²) in [5.41, 5.74) is 2.85. The van der Waals surface area contributed by atoms with Crippen molar-refractivity contribution in [1.29, 1.82) is 5.26 Å². The Kier molecular flexibility index (Phi) is 4.75. The summed E-state index contributed by atoms with van der Waals surface area (Å²) in [6.45, 7) is 8.22. The van der Waals surface area contributed by atoms with Gasteiger partial charge in [0.2, 0.25) is 0 Å². The van der Waals surface area contributed by atoms with Crippen molar-refractivity contribution in [3.05, 3.63) is 58.6 Å². The third-order valence-corrected chi connectivity index (χ3v) is 5.77. The number of benzene rings is 2. The molecule has 1 fully saturated rings. The molecule has 2 aromatic carbocycles. The molecule has 4 rings (SSSR count). The summed E-state index contributed by atoms with van der Waals surface area (Å²) in [6.07, 6.45) is 0.926. The number of hydrogen-bond donors (Lipinski definition) is 0. The molecule has 0 amide bonds. The first-order valence-corrected chi connectivity index (χ1v) is 9.81. The quantitative estimate of drug-likeness (QED) is 0.759. The SMILES string of the molecule is CC1(C)C[C@H](N2CCN(c3ccc(Cl)cc3)CC2)c2cc(C#N)ccc2O1. The number of hydrogen-bond acceptors (Lipinski definition) is 4. The molecule has 0 bridgehead atoms. The molecule has 27 heavy (non-hydrogen) atoms. The first-order chi connectivity index (χ1) is 12.9. The molecule has 0 N–H and O–H groups in total. The standard InChI is InChI=1S/C22H24ClN3O/c1-22(2)14-20(19-13-16(15-24)3-8-21(19)27-22)26-11-9-25(10-12-26)18-6-4-17(23)5-7-18/h3-8,13,20H,9-12,14H2,1-2H3/t20-/m0/s1. The zero-order chi connectivity index (χ0) is 19.0. The van der Waals surface area contributed by atoms with Crippen molar-refractivity contribution in [3.63, 3.8) is 0 Å². The van der Waals surface area contributed by atoms with E-state index in [2.05, 4.69) is 41.8 Å². The lowest BCUT2D eigenvalue weighted by molar-refractivity contribution is 0.0279. The van der Waals surface area contributed by atoms with Crippen LogP contribution in [0.25, 0.3) is 0 Å². The van der Waals surface area contributed by atoms with Gasteiger partial charge in [-0.25, -0.2) is 0 Å². The van der Waals surface area contributed by atoms with Gasteiger partial charge in [0.15, 0.2) is 0 Å².